The van der Waals surface area contributed by atoms with Crippen LogP contribution in [0.3, 0.4) is 0 Å². The van der Waals surface area contributed by atoms with E-state index in [0.29, 0.717) is 19.7 Å². The fourth-order valence-corrected chi connectivity index (χ4v) is 5.43. The highest BCUT2D eigenvalue weighted by atomic mass is 31.2. The van der Waals surface area contributed by atoms with Gasteiger partial charge in [-0.2, -0.15) is 0 Å². The number of carbonyl (C=O) groups is 3. The second kappa shape index (κ2) is 16.3. The van der Waals surface area contributed by atoms with Gasteiger partial charge in [0.25, 0.3) is 0 Å². The number of piperazine rings is 1. The van der Waals surface area contributed by atoms with Crippen molar-refractivity contribution >= 4 is 25.7 Å². The Kier molecular flexibility index (Phi) is 13.5. The van der Waals surface area contributed by atoms with Crippen LogP contribution in [0.15, 0.2) is 30.3 Å². The summed E-state index contributed by atoms with van der Waals surface area (Å²) in [4.78, 5) is 41.3. The Bertz CT molecular complexity index is 883. The smallest absolute Gasteiger partial charge is 0.409 e. The van der Waals surface area contributed by atoms with Crippen LogP contribution in [0.2, 0.25) is 0 Å². The number of nitrogens with zero attached hydrogens (tertiary/aromatic N) is 2. The minimum atomic E-state index is -3.43. The predicted molar refractivity (Wildman–Crippen MR) is 138 cm³/mol. The number of benzene rings is 1. The lowest BCUT2D eigenvalue weighted by atomic mass is 10.1. The van der Waals surface area contributed by atoms with Gasteiger partial charge in [-0.25, -0.2) is 9.59 Å². The molecule has 1 saturated heterocycles. The Hall–Kier alpha value is -2.62. The average Bonchev–Trinajstić information content (AvgIpc) is 2.90. The highest BCUT2D eigenvalue weighted by molar-refractivity contribution is 7.53. The number of rotatable bonds is 14. The van der Waals surface area contributed by atoms with Gasteiger partial charge in [0.2, 0.25) is 5.91 Å². The molecule has 0 spiro atoms. The Morgan fingerprint density at radius 3 is 2.16 bits per heavy atom. The average molecular weight is 542 g/mol. The number of hydrogen-bond donors (Lipinski definition) is 1. The van der Waals surface area contributed by atoms with Crippen LogP contribution >= 0.6 is 7.60 Å². The van der Waals surface area contributed by atoms with Gasteiger partial charge in [-0.1, -0.05) is 43.7 Å². The Morgan fingerprint density at radius 1 is 0.946 bits per heavy atom. The summed E-state index contributed by atoms with van der Waals surface area (Å²) >= 11 is 0. The van der Waals surface area contributed by atoms with Crippen LogP contribution in [0.5, 0.6) is 0 Å². The van der Waals surface area contributed by atoms with E-state index in [4.69, 9.17) is 18.5 Å². The van der Waals surface area contributed by atoms with E-state index >= 15 is 0 Å². The van der Waals surface area contributed by atoms with Crippen LogP contribution in [-0.2, 0) is 34.5 Å². The number of hydrogen-bond acceptors (Lipinski definition) is 8. The molecule has 1 heterocycles. The second-order valence-electron chi connectivity index (χ2n) is 8.50. The third-order valence-electron chi connectivity index (χ3n) is 5.72. The Morgan fingerprint density at radius 2 is 1.57 bits per heavy atom. The fraction of sp³-hybridized carbons (Fsp3) is 0.640. The summed E-state index contributed by atoms with van der Waals surface area (Å²) in [5, 5.41) is 2.62. The van der Waals surface area contributed by atoms with Gasteiger partial charge in [-0.15, -0.1) is 0 Å². The summed E-state index contributed by atoms with van der Waals surface area (Å²) < 4.78 is 34.2. The summed E-state index contributed by atoms with van der Waals surface area (Å²) in [7, 11) is -3.43. The lowest BCUT2D eigenvalue weighted by Gasteiger charge is -2.36. The van der Waals surface area contributed by atoms with Crippen molar-refractivity contribution in [2.24, 2.45) is 0 Å². The molecule has 1 aromatic rings. The van der Waals surface area contributed by atoms with Crippen molar-refractivity contribution in [2.45, 2.75) is 52.7 Å². The van der Waals surface area contributed by atoms with E-state index in [1.807, 2.05) is 37.3 Å². The number of amides is 3. The number of alkyl carbamates (subject to hydrolysis) is 1. The fourth-order valence-electron chi connectivity index (χ4n) is 3.74. The molecule has 0 aliphatic carbocycles. The molecule has 0 bridgehead atoms. The largest absolute Gasteiger partial charge is 0.449 e. The van der Waals surface area contributed by atoms with Crippen LogP contribution in [-0.4, -0.2) is 86.1 Å². The van der Waals surface area contributed by atoms with E-state index in [-0.39, 0.29) is 51.4 Å². The van der Waals surface area contributed by atoms with Crippen LogP contribution in [0.4, 0.5) is 9.59 Å². The van der Waals surface area contributed by atoms with Crippen molar-refractivity contribution in [1.82, 2.24) is 15.1 Å². The maximum Gasteiger partial charge on any atom is 0.409 e. The summed E-state index contributed by atoms with van der Waals surface area (Å²) in [6.07, 6.45) is 0.559. The van der Waals surface area contributed by atoms with Gasteiger partial charge < -0.3 is 33.6 Å². The number of nitrogens with one attached hydrogen (secondary N) is 1. The van der Waals surface area contributed by atoms with Crippen LogP contribution < -0.4 is 5.32 Å². The molecule has 1 aromatic carbocycles. The molecule has 1 aliphatic heterocycles. The molecular weight excluding hydrogens is 501 g/mol. The summed E-state index contributed by atoms with van der Waals surface area (Å²) in [6.45, 7) is 7.44. The molecule has 1 aliphatic rings. The molecule has 1 atom stereocenters. The first-order valence-corrected chi connectivity index (χ1v) is 14.6. The second-order valence-corrected chi connectivity index (χ2v) is 10.7. The zero-order valence-corrected chi connectivity index (χ0v) is 23.0. The van der Waals surface area contributed by atoms with Gasteiger partial charge in [0.05, 0.1) is 26.0 Å². The minimum Gasteiger partial charge on any atom is -0.449 e. The molecule has 0 unspecified atom stereocenters. The van der Waals surface area contributed by atoms with Crippen LogP contribution in [0.1, 0.15) is 45.6 Å². The van der Waals surface area contributed by atoms with Crippen molar-refractivity contribution in [2.75, 3.05) is 52.2 Å². The summed E-state index contributed by atoms with van der Waals surface area (Å²) in [5.74, 6) is -0.352. The molecule has 0 radical (unpaired) electrons. The number of unbranched alkanes of at least 4 members (excludes halogenated alkanes) is 1. The van der Waals surface area contributed by atoms with E-state index in [0.717, 1.165) is 18.4 Å². The van der Waals surface area contributed by atoms with E-state index in [2.05, 4.69) is 5.32 Å². The monoisotopic (exact) mass is 541 g/mol. The van der Waals surface area contributed by atoms with Gasteiger partial charge >= 0.3 is 19.8 Å². The zero-order valence-electron chi connectivity index (χ0n) is 22.1. The Balaban J connectivity index is 2.01. The molecule has 0 saturated carbocycles. The van der Waals surface area contributed by atoms with E-state index < -0.39 is 25.8 Å². The maximum atomic E-state index is 13.4. The van der Waals surface area contributed by atoms with Gasteiger partial charge in [0.1, 0.15) is 12.6 Å². The van der Waals surface area contributed by atoms with E-state index in [1.54, 1.807) is 23.6 Å². The molecule has 208 valence electrons. The highest BCUT2D eigenvalue weighted by Crippen LogP contribution is 2.48. The lowest BCUT2D eigenvalue weighted by molar-refractivity contribution is -0.135. The van der Waals surface area contributed by atoms with Crippen molar-refractivity contribution in [1.29, 1.82) is 0 Å². The van der Waals surface area contributed by atoms with Crippen molar-refractivity contribution in [3.05, 3.63) is 35.9 Å². The van der Waals surface area contributed by atoms with E-state index in [1.165, 1.54) is 0 Å². The number of carbonyl (C=O) groups excluding carboxylic acids is 3. The van der Waals surface area contributed by atoms with Gasteiger partial charge in [-0.05, 0) is 32.3 Å². The lowest BCUT2D eigenvalue weighted by Crippen LogP contribution is -2.56. The molecule has 0 aromatic heterocycles. The highest BCUT2D eigenvalue weighted by Gasteiger charge is 2.33. The first-order chi connectivity index (χ1) is 17.8. The van der Waals surface area contributed by atoms with Crippen LogP contribution in [0.25, 0.3) is 0 Å². The molecular formula is C25H40N3O8P. The molecule has 12 heteroatoms. The van der Waals surface area contributed by atoms with Gasteiger partial charge in [-0.3, -0.25) is 9.36 Å². The van der Waals surface area contributed by atoms with Crippen molar-refractivity contribution in [3.63, 3.8) is 0 Å². The third kappa shape index (κ3) is 10.7. The molecule has 2 rings (SSSR count). The molecule has 37 heavy (non-hydrogen) atoms. The third-order valence-corrected chi connectivity index (χ3v) is 7.83. The minimum absolute atomic E-state index is 0.0375. The standard InChI is InChI=1S/C25H40N3O8P/c1-4-7-18-33-25(31)28-16-14-27(15-17-28)23(29)22(13-19-37(32,35-5-2)36-6-3)26-24(30)34-20-21-11-9-8-10-12-21/h8-12,22H,4-7,13-20H2,1-3H3,(H,26,30)/t22-/m0/s1. The molecule has 11 nitrogen and oxygen atoms in total. The SMILES string of the molecule is CCCCOC(=O)N1CCN(C(=O)[C@H](CCP(=O)(OCC)OCC)NC(=O)OCc2ccccc2)CC1. The quantitative estimate of drug-likeness (QED) is 0.277. The normalized spacial score (nSPS) is 14.7. The Labute approximate surface area is 219 Å². The van der Waals surface area contributed by atoms with Crippen LogP contribution in [0, 0.1) is 0 Å². The number of ether oxygens (including phenoxy) is 2. The van der Waals surface area contributed by atoms with Crippen molar-refractivity contribution < 1.29 is 37.5 Å². The summed E-state index contributed by atoms with van der Waals surface area (Å²) in [5.41, 5.74) is 0.805. The predicted octanol–water partition coefficient (Wildman–Crippen LogP) is 4.02. The first kappa shape index (κ1) is 30.6. The summed E-state index contributed by atoms with van der Waals surface area (Å²) in [6, 6.07) is 8.17. The van der Waals surface area contributed by atoms with E-state index in [9.17, 15) is 18.9 Å². The van der Waals surface area contributed by atoms with Gasteiger partial charge in [0.15, 0.2) is 0 Å². The molecule has 1 N–H and O–H groups in total. The van der Waals surface area contributed by atoms with Crippen molar-refractivity contribution in [3.8, 4) is 0 Å². The first-order valence-electron chi connectivity index (χ1n) is 12.9. The van der Waals surface area contributed by atoms with Gasteiger partial charge in [0, 0.05) is 26.2 Å². The molecule has 1 fully saturated rings. The molecule has 3 amide bonds. The maximum absolute atomic E-state index is 13.4. The topological polar surface area (TPSA) is 124 Å². The zero-order chi connectivity index (χ0) is 27.1.